The maximum Gasteiger partial charge on any atom is 0.333 e. The average Bonchev–Trinajstić information content (AvgIpc) is 2.81. The van der Waals surface area contributed by atoms with Crippen molar-refractivity contribution in [2.45, 2.75) is 38.2 Å². The van der Waals surface area contributed by atoms with Crippen LogP contribution < -0.4 is 5.32 Å². The molecule has 4 nitrogen and oxygen atoms in total. The molecule has 0 unspecified atom stereocenters. The van der Waals surface area contributed by atoms with Crippen molar-refractivity contribution in [1.29, 1.82) is 0 Å². The molecule has 0 aromatic heterocycles. The highest BCUT2D eigenvalue weighted by Crippen LogP contribution is 2.25. The summed E-state index contributed by atoms with van der Waals surface area (Å²) in [4.78, 5) is 12.1. The summed E-state index contributed by atoms with van der Waals surface area (Å²) in [5.74, 6) is -0.832. The number of aryl methyl sites for hydroxylation is 1. The van der Waals surface area contributed by atoms with E-state index in [1.54, 1.807) is 6.92 Å². The first-order valence-electron chi connectivity index (χ1n) is 10.9. The summed E-state index contributed by atoms with van der Waals surface area (Å²) in [5.41, 5.74) is 4.33. The minimum atomic E-state index is -0.930. The van der Waals surface area contributed by atoms with E-state index in [-0.39, 0.29) is 5.92 Å². The summed E-state index contributed by atoms with van der Waals surface area (Å²) in [6, 6.07) is 28.4. The topological polar surface area (TPSA) is 58.6 Å². The van der Waals surface area contributed by atoms with Crippen LogP contribution in [0.2, 0.25) is 0 Å². The number of hydrogen-bond donors (Lipinski definition) is 2. The van der Waals surface area contributed by atoms with E-state index in [2.05, 4.69) is 29.6 Å². The zero-order valence-electron chi connectivity index (χ0n) is 18.2. The van der Waals surface area contributed by atoms with Gasteiger partial charge in [0.15, 0.2) is 6.10 Å². The summed E-state index contributed by atoms with van der Waals surface area (Å²) >= 11 is 5.79. The lowest BCUT2D eigenvalue weighted by atomic mass is 9.91. The Hall–Kier alpha value is -3.02. The Bertz CT molecular complexity index is 990. The first-order chi connectivity index (χ1) is 15.6. The normalized spacial score (nSPS) is 12.7. The Labute approximate surface area is 195 Å². The van der Waals surface area contributed by atoms with E-state index in [1.165, 1.54) is 11.1 Å². The molecule has 2 atom stereocenters. The third-order valence-corrected chi connectivity index (χ3v) is 5.76. The van der Waals surface area contributed by atoms with Crippen molar-refractivity contribution < 1.29 is 14.6 Å². The van der Waals surface area contributed by atoms with Crippen LogP contribution in [0, 0.1) is 0 Å². The molecule has 0 amide bonds. The first kappa shape index (κ1) is 23.6. The van der Waals surface area contributed by atoms with Crippen LogP contribution in [0.5, 0.6) is 0 Å². The third kappa shape index (κ3) is 7.01. The Balaban J connectivity index is 1.66. The number of nitrogens with one attached hydrogen (secondary N) is 1. The standard InChI is InChI=1S/C27H29NO3S/c1-2-31-25(27(29)30)19-21-15-13-20(14-16-21)17-18-24(22-9-5-3-6-10-22)26(32)28-23-11-7-4-8-12-23/h3-16,24-25H,2,17-19H2,1H3,(H,28,32)(H,29,30)/t24-,25+/m0/s1. The Kier molecular flexibility index (Phi) is 8.96. The van der Waals surface area contributed by atoms with Crippen LogP contribution in [-0.4, -0.2) is 28.8 Å². The summed E-state index contributed by atoms with van der Waals surface area (Å²) in [7, 11) is 0. The van der Waals surface area contributed by atoms with Crippen molar-refractivity contribution in [3.63, 3.8) is 0 Å². The van der Waals surface area contributed by atoms with E-state index >= 15 is 0 Å². The summed E-state index contributed by atoms with van der Waals surface area (Å²) in [6.07, 6.45) is 1.29. The first-order valence-corrected chi connectivity index (χ1v) is 11.3. The van der Waals surface area contributed by atoms with Gasteiger partial charge in [0.05, 0.1) is 4.99 Å². The zero-order chi connectivity index (χ0) is 22.8. The van der Waals surface area contributed by atoms with E-state index < -0.39 is 12.1 Å². The van der Waals surface area contributed by atoms with Crippen LogP contribution in [0.3, 0.4) is 0 Å². The number of rotatable bonds is 11. The van der Waals surface area contributed by atoms with Gasteiger partial charge >= 0.3 is 5.97 Å². The van der Waals surface area contributed by atoms with Crippen molar-refractivity contribution in [3.8, 4) is 0 Å². The number of benzene rings is 3. The fraction of sp³-hybridized carbons (Fsp3) is 0.259. The van der Waals surface area contributed by atoms with E-state index in [1.807, 2.05) is 60.7 Å². The smallest absolute Gasteiger partial charge is 0.333 e. The number of carboxylic acid groups (broad SMARTS) is 1. The highest BCUT2D eigenvalue weighted by atomic mass is 32.1. The van der Waals surface area contributed by atoms with Crippen molar-refractivity contribution in [1.82, 2.24) is 0 Å². The predicted molar refractivity (Wildman–Crippen MR) is 133 cm³/mol. The van der Waals surface area contributed by atoms with Gasteiger partial charge in [-0.2, -0.15) is 0 Å². The van der Waals surface area contributed by atoms with Crippen LogP contribution in [-0.2, 0) is 22.4 Å². The summed E-state index contributed by atoms with van der Waals surface area (Å²) in [6.45, 7) is 2.19. The molecule has 3 aromatic carbocycles. The minimum absolute atomic E-state index is 0.0976. The van der Waals surface area contributed by atoms with Crippen molar-refractivity contribution >= 4 is 28.9 Å². The van der Waals surface area contributed by atoms with Gasteiger partial charge in [-0.05, 0) is 48.6 Å². The van der Waals surface area contributed by atoms with E-state index in [4.69, 9.17) is 17.0 Å². The molecular formula is C27H29NO3S. The third-order valence-electron chi connectivity index (χ3n) is 5.37. The van der Waals surface area contributed by atoms with Gasteiger partial charge in [0.25, 0.3) is 0 Å². The molecule has 2 N–H and O–H groups in total. The number of ether oxygens (including phenoxy) is 1. The molecule has 3 aromatic rings. The SMILES string of the molecule is CCO[C@H](Cc1ccc(CC[C@H](C(=S)Nc2ccccc2)c2ccccc2)cc1)C(=O)O. The maximum atomic E-state index is 11.3. The highest BCUT2D eigenvalue weighted by Gasteiger charge is 2.19. The number of thiocarbonyl (C=S) groups is 1. The van der Waals surface area contributed by atoms with Gasteiger partial charge in [-0.25, -0.2) is 4.79 Å². The fourth-order valence-corrected chi connectivity index (χ4v) is 4.04. The molecule has 0 radical (unpaired) electrons. The Morgan fingerprint density at radius 1 is 0.938 bits per heavy atom. The Morgan fingerprint density at radius 3 is 2.12 bits per heavy atom. The lowest BCUT2D eigenvalue weighted by molar-refractivity contribution is -0.149. The second-order valence-corrected chi connectivity index (χ2v) is 8.10. The molecule has 0 heterocycles. The van der Waals surface area contributed by atoms with Crippen LogP contribution in [0.4, 0.5) is 5.69 Å². The van der Waals surface area contributed by atoms with E-state index in [0.717, 1.165) is 29.1 Å². The van der Waals surface area contributed by atoms with Gasteiger partial charge in [0.2, 0.25) is 0 Å². The predicted octanol–water partition coefficient (Wildman–Crippen LogP) is 5.87. The lowest BCUT2D eigenvalue weighted by Crippen LogP contribution is -2.26. The van der Waals surface area contributed by atoms with Crippen molar-refractivity contribution in [2.75, 3.05) is 11.9 Å². The number of anilines is 1. The van der Waals surface area contributed by atoms with Crippen LogP contribution in [0.25, 0.3) is 0 Å². The van der Waals surface area contributed by atoms with Gasteiger partial charge in [-0.15, -0.1) is 0 Å². The molecule has 0 spiro atoms. The molecule has 0 saturated heterocycles. The molecular weight excluding hydrogens is 418 g/mol. The molecule has 0 aliphatic heterocycles. The molecule has 0 aliphatic rings. The molecule has 166 valence electrons. The number of para-hydroxylation sites is 1. The molecule has 5 heteroatoms. The molecule has 3 rings (SSSR count). The number of hydrogen-bond acceptors (Lipinski definition) is 3. The quantitative estimate of drug-likeness (QED) is 0.360. The van der Waals surface area contributed by atoms with E-state index in [0.29, 0.717) is 13.0 Å². The van der Waals surface area contributed by atoms with Crippen LogP contribution in [0.15, 0.2) is 84.9 Å². The monoisotopic (exact) mass is 447 g/mol. The second-order valence-electron chi connectivity index (χ2n) is 7.66. The van der Waals surface area contributed by atoms with Gasteiger partial charge in [0.1, 0.15) is 0 Å². The fourth-order valence-electron chi connectivity index (χ4n) is 3.67. The summed E-state index contributed by atoms with van der Waals surface area (Å²) in [5, 5.41) is 12.7. The van der Waals surface area contributed by atoms with Gasteiger partial charge in [-0.3, -0.25) is 0 Å². The molecule has 0 fully saturated rings. The molecule has 0 aliphatic carbocycles. The van der Waals surface area contributed by atoms with Gasteiger partial charge in [-0.1, -0.05) is 85.0 Å². The number of aliphatic carboxylic acids is 1. The van der Waals surface area contributed by atoms with Gasteiger partial charge < -0.3 is 15.2 Å². The number of carbonyl (C=O) groups is 1. The lowest BCUT2D eigenvalue weighted by Gasteiger charge is -2.20. The number of carboxylic acids is 1. The van der Waals surface area contributed by atoms with Crippen LogP contribution >= 0.6 is 12.2 Å². The average molecular weight is 448 g/mol. The molecule has 0 saturated carbocycles. The van der Waals surface area contributed by atoms with Gasteiger partial charge in [0, 0.05) is 24.6 Å². The van der Waals surface area contributed by atoms with E-state index in [9.17, 15) is 9.90 Å². The highest BCUT2D eigenvalue weighted by molar-refractivity contribution is 7.80. The molecule has 0 bridgehead atoms. The van der Waals surface area contributed by atoms with Crippen molar-refractivity contribution in [2.24, 2.45) is 0 Å². The van der Waals surface area contributed by atoms with Crippen LogP contribution in [0.1, 0.15) is 36.0 Å². The minimum Gasteiger partial charge on any atom is -0.479 e. The Morgan fingerprint density at radius 2 is 1.53 bits per heavy atom. The molecule has 32 heavy (non-hydrogen) atoms. The maximum absolute atomic E-state index is 11.3. The largest absolute Gasteiger partial charge is 0.479 e. The zero-order valence-corrected chi connectivity index (χ0v) is 19.1. The summed E-state index contributed by atoms with van der Waals surface area (Å²) < 4.78 is 5.32. The van der Waals surface area contributed by atoms with Crippen molar-refractivity contribution in [3.05, 3.63) is 102 Å². The second kappa shape index (κ2) is 12.1.